The predicted molar refractivity (Wildman–Crippen MR) is 147 cm³/mol. The maximum absolute atomic E-state index is 13.1. The summed E-state index contributed by atoms with van der Waals surface area (Å²) in [5, 5.41) is 15.5. The predicted octanol–water partition coefficient (Wildman–Crippen LogP) is 7.26. The summed E-state index contributed by atoms with van der Waals surface area (Å²) in [6.45, 7) is 2.26. The molecule has 0 aliphatic rings. The molecule has 8 heteroatoms. The number of halogens is 2. The molecule has 36 heavy (non-hydrogen) atoms. The summed E-state index contributed by atoms with van der Waals surface area (Å²) in [7, 11) is 0. The Kier molecular flexibility index (Phi) is 7.28. The van der Waals surface area contributed by atoms with Gasteiger partial charge in [0, 0.05) is 16.3 Å². The van der Waals surface area contributed by atoms with Crippen LogP contribution in [0.4, 0.5) is 0 Å². The number of aromatic nitrogens is 3. The van der Waals surface area contributed by atoms with Crippen LogP contribution in [0.25, 0.3) is 16.5 Å². The van der Waals surface area contributed by atoms with E-state index in [0.29, 0.717) is 38.0 Å². The number of rotatable bonds is 7. The van der Waals surface area contributed by atoms with E-state index in [9.17, 15) is 4.79 Å². The molecule has 1 heterocycles. The molecule has 180 valence electrons. The molecule has 0 saturated heterocycles. The van der Waals surface area contributed by atoms with Gasteiger partial charge in [0.15, 0.2) is 11.0 Å². The largest absolute Gasteiger partial charge is 0.345 e. The zero-order valence-electron chi connectivity index (χ0n) is 19.4. The molecule has 0 aliphatic heterocycles. The van der Waals surface area contributed by atoms with Crippen molar-refractivity contribution in [3.05, 3.63) is 117 Å². The molecule has 5 nitrogen and oxygen atoms in total. The Balaban J connectivity index is 1.45. The quantitative estimate of drug-likeness (QED) is 0.224. The van der Waals surface area contributed by atoms with Gasteiger partial charge in [0.05, 0.1) is 17.3 Å². The number of fused-ring (bicyclic) bond motifs is 1. The molecule has 0 spiro atoms. The van der Waals surface area contributed by atoms with Gasteiger partial charge >= 0.3 is 0 Å². The van der Waals surface area contributed by atoms with E-state index in [2.05, 4.69) is 34.6 Å². The lowest BCUT2D eigenvalue weighted by atomic mass is 10.0. The lowest BCUT2D eigenvalue weighted by Crippen LogP contribution is -2.25. The van der Waals surface area contributed by atoms with Crippen LogP contribution in [0.3, 0.4) is 0 Å². The zero-order valence-corrected chi connectivity index (χ0v) is 21.7. The van der Waals surface area contributed by atoms with Crippen LogP contribution < -0.4 is 5.32 Å². The maximum atomic E-state index is 13.1. The first-order chi connectivity index (χ1) is 17.5. The molecule has 0 aliphatic carbocycles. The molecule has 0 atom stereocenters. The molecule has 0 radical (unpaired) electrons. The Bertz CT molecular complexity index is 1560. The summed E-state index contributed by atoms with van der Waals surface area (Å²) in [5.41, 5.74) is 3.68. The number of carbonyl (C=O) groups is 1. The van der Waals surface area contributed by atoms with E-state index in [1.807, 2.05) is 59.2 Å². The first-order valence-electron chi connectivity index (χ1n) is 11.3. The van der Waals surface area contributed by atoms with Crippen molar-refractivity contribution >= 4 is 51.6 Å². The van der Waals surface area contributed by atoms with Crippen molar-refractivity contribution in [3.63, 3.8) is 0 Å². The van der Waals surface area contributed by atoms with Crippen molar-refractivity contribution in [3.8, 4) is 5.69 Å². The molecule has 0 fully saturated rings. The van der Waals surface area contributed by atoms with Crippen LogP contribution in [0.5, 0.6) is 0 Å². The van der Waals surface area contributed by atoms with Crippen LogP contribution in [-0.2, 0) is 12.3 Å². The van der Waals surface area contributed by atoms with Crippen LogP contribution in [0.15, 0.2) is 90.1 Å². The van der Waals surface area contributed by atoms with Gasteiger partial charge in [-0.2, -0.15) is 0 Å². The first-order valence-corrected chi connectivity index (χ1v) is 13.1. The molecular weight excluding hydrogens is 511 g/mol. The number of hydrogen-bond acceptors (Lipinski definition) is 4. The normalized spacial score (nSPS) is 11.1. The third kappa shape index (κ3) is 5.12. The number of nitrogens with zero attached hydrogens (tertiary/aromatic N) is 3. The van der Waals surface area contributed by atoms with Gasteiger partial charge in [-0.3, -0.25) is 9.36 Å². The summed E-state index contributed by atoms with van der Waals surface area (Å²) in [6, 6.07) is 27.0. The second kappa shape index (κ2) is 10.7. The Morgan fingerprint density at radius 3 is 2.58 bits per heavy atom. The smallest absolute Gasteiger partial charge is 0.252 e. The summed E-state index contributed by atoms with van der Waals surface area (Å²) in [4.78, 5) is 13.1. The summed E-state index contributed by atoms with van der Waals surface area (Å²) in [6.07, 6.45) is 0. The number of nitrogens with one attached hydrogen (secondary N) is 1. The Morgan fingerprint density at radius 2 is 1.72 bits per heavy atom. The van der Waals surface area contributed by atoms with Crippen LogP contribution in [0.2, 0.25) is 10.0 Å². The van der Waals surface area contributed by atoms with Crippen molar-refractivity contribution in [1.29, 1.82) is 0 Å². The fraction of sp³-hybridized carbons (Fsp3) is 0.107. The van der Waals surface area contributed by atoms with Gasteiger partial charge in [-0.25, -0.2) is 0 Å². The maximum Gasteiger partial charge on any atom is 0.252 e. The van der Waals surface area contributed by atoms with E-state index in [-0.39, 0.29) is 12.5 Å². The zero-order chi connectivity index (χ0) is 25.1. The van der Waals surface area contributed by atoms with Gasteiger partial charge in [0.25, 0.3) is 5.91 Å². The van der Waals surface area contributed by atoms with Crippen molar-refractivity contribution in [1.82, 2.24) is 20.1 Å². The van der Waals surface area contributed by atoms with Crippen LogP contribution in [-0.4, -0.2) is 20.7 Å². The van der Waals surface area contributed by atoms with E-state index in [1.54, 1.807) is 30.0 Å². The fourth-order valence-electron chi connectivity index (χ4n) is 4.00. The number of hydrogen-bond donors (Lipinski definition) is 1. The van der Waals surface area contributed by atoms with E-state index in [4.69, 9.17) is 23.2 Å². The molecule has 0 unspecified atom stereocenters. The average molecular weight is 533 g/mol. The minimum absolute atomic E-state index is 0.169. The van der Waals surface area contributed by atoms with Crippen molar-refractivity contribution in [2.75, 3.05) is 0 Å². The number of benzene rings is 4. The second-order valence-electron chi connectivity index (χ2n) is 8.25. The topological polar surface area (TPSA) is 59.8 Å². The summed E-state index contributed by atoms with van der Waals surface area (Å²) >= 11 is 14.4. The SMILES string of the molecule is Cc1ccccc1CSc1nnc(CNC(=O)c2cccc3ccccc23)n1-c1cc(Cl)ccc1Cl. The molecule has 1 aromatic heterocycles. The molecule has 0 bridgehead atoms. The highest BCUT2D eigenvalue weighted by atomic mass is 35.5. The van der Waals surface area contributed by atoms with Gasteiger partial charge in [-0.1, -0.05) is 95.6 Å². The van der Waals surface area contributed by atoms with Crippen molar-refractivity contribution in [2.24, 2.45) is 0 Å². The number of thioether (sulfide) groups is 1. The van der Waals surface area contributed by atoms with E-state index < -0.39 is 0 Å². The van der Waals surface area contributed by atoms with Gasteiger partial charge in [0.1, 0.15) is 0 Å². The minimum Gasteiger partial charge on any atom is -0.345 e. The highest BCUT2D eigenvalue weighted by Gasteiger charge is 2.19. The second-order valence-corrected chi connectivity index (χ2v) is 10.0. The van der Waals surface area contributed by atoms with Crippen LogP contribution in [0, 0.1) is 6.92 Å². The lowest BCUT2D eigenvalue weighted by molar-refractivity contribution is 0.0951. The van der Waals surface area contributed by atoms with Crippen LogP contribution in [0.1, 0.15) is 27.3 Å². The average Bonchev–Trinajstić information content (AvgIpc) is 3.30. The van der Waals surface area contributed by atoms with E-state index >= 15 is 0 Å². The molecular formula is C28H22Cl2N4OS. The highest BCUT2D eigenvalue weighted by molar-refractivity contribution is 7.98. The molecule has 0 saturated carbocycles. The monoisotopic (exact) mass is 532 g/mol. The molecule has 1 amide bonds. The number of aryl methyl sites for hydroxylation is 1. The first kappa shape index (κ1) is 24.4. The van der Waals surface area contributed by atoms with Gasteiger partial charge in [0.2, 0.25) is 0 Å². The third-order valence-corrected chi connectivity index (χ3v) is 7.44. The molecule has 5 rings (SSSR count). The van der Waals surface area contributed by atoms with Gasteiger partial charge in [-0.15, -0.1) is 10.2 Å². The third-order valence-electron chi connectivity index (χ3n) is 5.91. The van der Waals surface area contributed by atoms with Crippen molar-refractivity contribution in [2.45, 2.75) is 24.4 Å². The minimum atomic E-state index is -0.187. The number of carbonyl (C=O) groups excluding carboxylic acids is 1. The molecule has 5 aromatic rings. The molecule has 4 aromatic carbocycles. The molecule has 1 N–H and O–H groups in total. The van der Waals surface area contributed by atoms with E-state index in [0.717, 1.165) is 10.8 Å². The van der Waals surface area contributed by atoms with Crippen LogP contribution >= 0.6 is 35.0 Å². The van der Waals surface area contributed by atoms with E-state index in [1.165, 1.54) is 11.1 Å². The summed E-state index contributed by atoms with van der Waals surface area (Å²) in [5.74, 6) is 1.08. The Labute approximate surface area is 223 Å². The van der Waals surface area contributed by atoms with Gasteiger partial charge < -0.3 is 5.32 Å². The summed E-state index contributed by atoms with van der Waals surface area (Å²) < 4.78 is 1.86. The van der Waals surface area contributed by atoms with Gasteiger partial charge in [-0.05, 0) is 53.1 Å². The lowest BCUT2D eigenvalue weighted by Gasteiger charge is -2.14. The Morgan fingerprint density at radius 1 is 0.944 bits per heavy atom. The highest BCUT2D eigenvalue weighted by Crippen LogP contribution is 2.31. The fourth-order valence-corrected chi connectivity index (χ4v) is 5.41. The standard InChI is InChI=1S/C28H22Cl2N4OS/c1-18-7-2-3-9-20(18)17-36-28-33-32-26(34(28)25-15-21(29)13-14-24(25)30)16-31-27(35)23-12-6-10-19-8-4-5-11-22(19)23/h2-15H,16-17H2,1H3,(H,31,35). The van der Waals surface area contributed by atoms with Crippen molar-refractivity contribution < 1.29 is 4.79 Å². The number of amides is 1. The Hall–Kier alpha value is -3.32.